The zero-order chi connectivity index (χ0) is 18.1. The Morgan fingerprint density at radius 3 is 2.54 bits per heavy atom. The third kappa shape index (κ3) is 3.09. The normalized spacial score (nSPS) is 13.5. The Bertz CT molecular complexity index is 999. The van der Waals surface area contributed by atoms with Crippen molar-refractivity contribution in [3.8, 4) is 22.8 Å². The van der Waals surface area contributed by atoms with Gasteiger partial charge in [0.15, 0.2) is 17.3 Å². The third-order valence-corrected chi connectivity index (χ3v) is 4.24. The molecule has 0 saturated carbocycles. The maximum absolute atomic E-state index is 6.27. The van der Waals surface area contributed by atoms with Crippen LogP contribution in [-0.2, 0) is 0 Å². The minimum atomic E-state index is 0.214. The first kappa shape index (κ1) is 16.4. The number of halogens is 1. The Balaban J connectivity index is 1.84. The van der Waals surface area contributed by atoms with Crippen LogP contribution in [0.3, 0.4) is 0 Å². The van der Waals surface area contributed by atoms with E-state index < -0.39 is 0 Å². The first-order valence-electron chi connectivity index (χ1n) is 8.08. The topological polar surface area (TPSA) is 70.3 Å². The number of allylic oxidation sites excluding steroid dienone is 1. The Labute approximate surface area is 156 Å². The molecule has 0 radical (unpaired) electrons. The Hall–Kier alpha value is -3.05. The van der Waals surface area contributed by atoms with E-state index in [1.165, 1.54) is 0 Å². The second-order valence-corrected chi connectivity index (χ2v) is 6.28. The van der Waals surface area contributed by atoms with Crippen molar-refractivity contribution in [3.63, 3.8) is 0 Å². The summed E-state index contributed by atoms with van der Waals surface area (Å²) < 4.78 is 10.8. The van der Waals surface area contributed by atoms with Crippen molar-refractivity contribution in [3.05, 3.63) is 76.8 Å². The van der Waals surface area contributed by atoms with Gasteiger partial charge in [-0.1, -0.05) is 48.0 Å². The number of nitrogens with zero attached hydrogens (tertiary/aromatic N) is 2. The van der Waals surface area contributed by atoms with E-state index in [1.807, 2.05) is 55.5 Å². The molecule has 130 valence electrons. The lowest BCUT2D eigenvalue weighted by atomic mass is 10.0. The lowest BCUT2D eigenvalue weighted by molar-refractivity contribution is 0.174. The molecule has 2 N–H and O–H groups in total. The fourth-order valence-corrected chi connectivity index (χ4v) is 3.05. The van der Waals surface area contributed by atoms with E-state index >= 15 is 0 Å². The number of nitrogens with two attached hydrogens (primary N) is 1. The van der Waals surface area contributed by atoms with Gasteiger partial charge in [-0.25, -0.2) is 9.97 Å². The number of ether oxygens (including phenoxy) is 2. The monoisotopic (exact) mass is 365 g/mol. The second-order valence-electron chi connectivity index (χ2n) is 5.89. The van der Waals surface area contributed by atoms with Crippen molar-refractivity contribution in [2.75, 3.05) is 6.79 Å². The summed E-state index contributed by atoms with van der Waals surface area (Å²) in [6.07, 6.45) is 0. The molecule has 1 aliphatic heterocycles. The van der Waals surface area contributed by atoms with Crippen molar-refractivity contribution < 1.29 is 9.47 Å². The van der Waals surface area contributed by atoms with E-state index in [1.54, 1.807) is 6.07 Å². The predicted molar refractivity (Wildman–Crippen MR) is 101 cm³/mol. The van der Waals surface area contributed by atoms with Crippen LogP contribution in [0.4, 0.5) is 0 Å². The van der Waals surface area contributed by atoms with Crippen molar-refractivity contribution in [1.29, 1.82) is 0 Å². The molecule has 0 saturated heterocycles. The van der Waals surface area contributed by atoms with Gasteiger partial charge in [0.25, 0.3) is 0 Å². The maximum atomic E-state index is 6.27. The smallest absolute Gasteiger partial charge is 0.231 e. The molecular formula is C20H16ClN3O2. The summed E-state index contributed by atoms with van der Waals surface area (Å²) in [5.74, 6) is 1.85. The average Bonchev–Trinajstić information content (AvgIpc) is 3.10. The van der Waals surface area contributed by atoms with Crippen LogP contribution in [0.15, 0.2) is 60.3 Å². The standard InChI is InChI=1S/C20H16ClN3O2/c1-12(22)19(14-7-8-16-17(9-14)26-11-25-16)20-23-15(10-18(21)24-20)13-5-3-2-4-6-13/h2-10H,11,22H2,1H3. The largest absolute Gasteiger partial charge is 0.454 e. The van der Waals surface area contributed by atoms with Crippen LogP contribution in [-0.4, -0.2) is 16.8 Å². The molecule has 2 aromatic carbocycles. The molecule has 0 fully saturated rings. The maximum Gasteiger partial charge on any atom is 0.231 e. The van der Waals surface area contributed by atoms with Gasteiger partial charge in [-0.15, -0.1) is 0 Å². The van der Waals surface area contributed by atoms with Crippen molar-refractivity contribution in [2.45, 2.75) is 6.92 Å². The number of aromatic nitrogens is 2. The first-order chi connectivity index (χ1) is 12.6. The van der Waals surface area contributed by atoms with E-state index in [-0.39, 0.29) is 6.79 Å². The van der Waals surface area contributed by atoms with Crippen molar-refractivity contribution in [1.82, 2.24) is 9.97 Å². The minimum Gasteiger partial charge on any atom is -0.454 e. The van der Waals surface area contributed by atoms with E-state index in [0.717, 1.165) is 16.8 Å². The van der Waals surface area contributed by atoms with Crippen LogP contribution < -0.4 is 15.2 Å². The van der Waals surface area contributed by atoms with Crippen molar-refractivity contribution >= 4 is 17.2 Å². The van der Waals surface area contributed by atoms with Crippen LogP contribution >= 0.6 is 11.6 Å². The van der Waals surface area contributed by atoms with E-state index in [2.05, 4.69) is 9.97 Å². The van der Waals surface area contributed by atoms with Gasteiger partial charge in [0, 0.05) is 22.9 Å². The quantitative estimate of drug-likeness (QED) is 0.702. The van der Waals surface area contributed by atoms with Crippen LogP contribution in [0.25, 0.3) is 16.8 Å². The number of hydrogen-bond donors (Lipinski definition) is 1. The Morgan fingerprint density at radius 2 is 1.77 bits per heavy atom. The fourth-order valence-electron chi connectivity index (χ4n) is 2.87. The molecule has 5 nitrogen and oxygen atoms in total. The van der Waals surface area contributed by atoms with Gasteiger partial charge in [-0.05, 0) is 24.6 Å². The molecule has 0 spiro atoms. The highest BCUT2D eigenvalue weighted by Crippen LogP contribution is 2.36. The molecule has 1 aromatic heterocycles. The van der Waals surface area contributed by atoms with Gasteiger partial charge in [0.1, 0.15) is 5.15 Å². The molecule has 0 bridgehead atoms. The number of fused-ring (bicyclic) bond motifs is 1. The summed E-state index contributed by atoms with van der Waals surface area (Å²) in [6.45, 7) is 2.03. The lowest BCUT2D eigenvalue weighted by Crippen LogP contribution is -2.05. The van der Waals surface area contributed by atoms with Crippen LogP contribution in [0.1, 0.15) is 18.3 Å². The number of hydrogen-bond acceptors (Lipinski definition) is 5. The van der Waals surface area contributed by atoms with Gasteiger partial charge in [0.2, 0.25) is 6.79 Å². The number of rotatable bonds is 3. The molecule has 2 heterocycles. The summed E-state index contributed by atoms with van der Waals surface area (Å²) in [7, 11) is 0. The van der Waals surface area contributed by atoms with Crippen molar-refractivity contribution in [2.24, 2.45) is 5.73 Å². The van der Waals surface area contributed by atoms with Gasteiger partial charge >= 0.3 is 0 Å². The predicted octanol–water partition coefficient (Wildman–Crippen LogP) is 4.26. The summed E-state index contributed by atoms with van der Waals surface area (Å²) in [6, 6.07) is 17.2. The average molecular weight is 366 g/mol. The SMILES string of the molecule is CC(N)=C(c1ccc2c(c1)OCO2)c1nc(Cl)cc(-c2ccccc2)n1. The molecule has 3 aromatic rings. The first-order valence-corrected chi connectivity index (χ1v) is 8.46. The van der Waals surface area contributed by atoms with Gasteiger partial charge in [-0.3, -0.25) is 0 Å². The highest BCUT2D eigenvalue weighted by Gasteiger charge is 2.19. The van der Waals surface area contributed by atoms with E-state index in [0.29, 0.717) is 33.7 Å². The highest BCUT2D eigenvalue weighted by molar-refractivity contribution is 6.29. The molecule has 0 atom stereocenters. The minimum absolute atomic E-state index is 0.214. The summed E-state index contributed by atoms with van der Waals surface area (Å²) in [5.41, 5.74) is 10.0. The molecule has 6 heteroatoms. The molecule has 0 amide bonds. The fraction of sp³-hybridized carbons (Fsp3) is 0.100. The lowest BCUT2D eigenvalue weighted by Gasteiger charge is -2.12. The number of benzene rings is 2. The summed E-state index contributed by atoms with van der Waals surface area (Å²) in [4.78, 5) is 9.09. The molecule has 0 unspecified atom stereocenters. The van der Waals surface area contributed by atoms with Crippen LogP contribution in [0.2, 0.25) is 5.15 Å². The van der Waals surface area contributed by atoms with Gasteiger partial charge in [0.05, 0.1) is 5.69 Å². The zero-order valence-corrected chi connectivity index (χ0v) is 14.8. The summed E-state index contributed by atoms with van der Waals surface area (Å²) in [5, 5.41) is 0.355. The Kier molecular flexibility index (Phi) is 4.22. The molecule has 0 aliphatic carbocycles. The second kappa shape index (κ2) is 6.69. The molecule has 26 heavy (non-hydrogen) atoms. The highest BCUT2D eigenvalue weighted by atomic mass is 35.5. The van der Waals surface area contributed by atoms with Gasteiger partial charge < -0.3 is 15.2 Å². The van der Waals surface area contributed by atoms with E-state index in [4.69, 9.17) is 26.8 Å². The zero-order valence-electron chi connectivity index (χ0n) is 14.1. The molecular weight excluding hydrogens is 350 g/mol. The summed E-state index contributed by atoms with van der Waals surface area (Å²) >= 11 is 6.27. The molecule has 1 aliphatic rings. The third-order valence-electron chi connectivity index (χ3n) is 4.04. The van der Waals surface area contributed by atoms with Gasteiger partial charge in [-0.2, -0.15) is 0 Å². The molecule has 4 rings (SSSR count). The van der Waals surface area contributed by atoms with Crippen LogP contribution in [0, 0.1) is 0 Å². The van der Waals surface area contributed by atoms with E-state index in [9.17, 15) is 0 Å². The van der Waals surface area contributed by atoms with Crippen LogP contribution in [0.5, 0.6) is 11.5 Å². The Morgan fingerprint density at radius 1 is 1.00 bits per heavy atom.